The van der Waals surface area contributed by atoms with Crippen LogP contribution in [0.3, 0.4) is 0 Å². The van der Waals surface area contributed by atoms with Crippen LogP contribution in [0.4, 0.5) is 23.2 Å². The van der Waals surface area contributed by atoms with Crippen molar-refractivity contribution in [1.29, 1.82) is 0 Å². The number of primary amides is 1. The van der Waals surface area contributed by atoms with Crippen LogP contribution in [0.2, 0.25) is 5.02 Å². The van der Waals surface area contributed by atoms with Crippen LogP contribution in [-0.2, 0) is 16.2 Å². The highest BCUT2D eigenvalue weighted by Crippen LogP contribution is 2.38. The standard InChI is InChI=1S/C19H18ClF4N3O3S/c1-11-10-26(16-4-3-13(21)9-14(16)19(22,23)24)6-7-27(11)31(29,30)17-5-2-12(18(25)28)8-15(17)20/h2-5,8-9,11H,6-7,10H2,1H3,(H2,25,28). The topological polar surface area (TPSA) is 83.7 Å². The second kappa shape index (κ2) is 8.29. The molecule has 168 valence electrons. The summed E-state index contributed by atoms with van der Waals surface area (Å²) in [5.41, 5.74) is 3.86. The van der Waals surface area contributed by atoms with Crippen molar-refractivity contribution in [1.82, 2.24) is 4.31 Å². The van der Waals surface area contributed by atoms with E-state index in [1.807, 2.05) is 0 Å². The van der Waals surface area contributed by atoms with Gasteiger partial charge in [0.25, 0.3) is 0 Å². The number of rotatable bonds is 4. The van der Waals surface area contributed by atoms with E-state index in [4.69, 9.17) is 17.3 Å². The van der Waals surface area contributed by atoms with Crippen LogP contribution in [0, 0.1) is 5.82 Å². The number of amides is 1. The summed E-state index contributed by atoms with van der Waals surface area (Å²) in [6.07, 6.45) is -4.76. The van der Waals surface area contributed by atoms with Gasteiger partial charge in [0.05, 0.1) is 10.6 Å². The highest BCUT2D eigenvalue weighted by atomic mass is 35.5. The molecule has 2 N–H and O–H groups in total. The lowest BCUT2D eigenvalue weighted by Gasteiger charge is -2.40. The minimum Gasteiger partial charge on any atom is -0.368 e. The van der Waals surface area contributed by atoms with Gasteiger partial charge in [0.2, 0.25) is 15.9 Å². The summed E-state index contributed by atoms with van der Waals surface area (Å²) in [6.45, 7) is 1.33. The van der Waals surface area contributed by atoms with Gasteiger partial charge in [0.15, 0.2) is 0 Å². The fraction of sp³-hybridized carbons (Fsp3) is 0.316. The maximum absolute atomic E-state index is 13.4. The maximum atomic E-state index is 13.4. The number of sulfonamides is 1. The summed E-state index contributed by atoms with van der Waals surface area (Å²) in [5.74, 6) is -1.79. The van der Waals surface area contributed by atoms with E-state index in [0.717, 1.165) is 22.5 Å². The number of alkyl halides is 3. The Bertz CT molecular complexity index is 1120. The van der Waals surface area contributed by atoms with Crippen LogP contribution in [0.15, 0.2) is 41.3 Å². The quantitative estimate of drug-likeness (QED) is 0.680. The number of nitrogens with two attached hydrogens (primary N) is 1. The van der Waals surface area contributed by atoms with E-state index in [0.29, 0.717) is 6.07 Å². The molecule has 0 radical (unpaired) electrons. The minimum atomic E-state index is -4.76. The van der Waals surface area contributed by atoms with Crippen LogP contribution in [-0.4, -0.2) is 44.3 Å². The number of nitrogens with zero attached hydrogens (tertiary/aromatic N) is 2. The summed E-state index contributed by atoms with van der Waals surface area (Å²) in [7, 11) is -4.09. The smallest absolute Gasteiger partial charge is 0.368 e. The van der Waals surface area contributed by atoms with Gasteiger partial charge in [-0.05, 0) is 43.3 Å². The molecule has 0 spiro atoms. The molecule has 1 aliphatic heterocycles. The summed E-state index contributed by atoms with van der Waals surface area (Å²) < 4.78 is 80.8. The van der Waals surface area contributed by atoms with Gasteiger partial charge < -0.3 is 10.6 Å². The van der Waals surface area contributed by atoms with Gasteiger partial charge in [-0.2, -0.15) is 17.5 Å². The van der Waals surface area contributed by atoms with Gasteiger partial charge in [-0.3, -0.25) is 4.79 Å². The Morgan fingerprint density at radius 3 is 2.39 bits per heavy atom. The maximum Gasteiger partial charge on any atom is 0.418 e. The highest BCUT2D eigenvalue weighted by Gasteiger charge is 2.39. The third-order valence-corrected chi connectivity index (χ3v) is 7.47. The number of hydrogen-bond donors (Lipinski definition) is 1. The normalized spacial score (nSPS) is 18.3. The Balaban J connectivity index is 1.88. The van der Waals surface area contributed by atoms with Crippen molar-refractivity contribution in [3.05, 3.63) is 58.4 Å². The predicted octanol–water partition coefficient (Wildman–Crippen LogP) is 3.50. The number of benzene rings is 2. The first-order valence-electron chi connectivity index (χ1n) is 9.05. The second-order valence-corrected chi connectivity index (χ2v) is 9.35. The van der Waals surface area contributed by atoms with Gasteiger partial charge >= 0.3 is 6.18 Å². The average Bonchev–Trinajstić information content (AvgIpc) is 2.66. The van der Waals surface area contributed by atoms with Crippen molar-refractivity contribution < 1.29 is 30.8 Å². The molecule has 2 aromatic rings. The minimum absolute atomic E-state index is 0.0396. The van der Waals surface area contributed by atoms with Crippen LogP contribution in [0.5, 0.6) is 0 Å². The molecule has 0 aliphatic carbocycles. The van der Waals surface area contributed by atoms with E-state index in [1.165, 1.54) is 17.0 Å². The zero-order chi connectivity index (χ0) is 23.1. The van der Waals surface area contributed by atoms with Crippen molar-refractivity contribution in [2.75, 3.05) is 24.5 Å². The molecule has 1 fully saturated rings. The lowest BCUT2D eigenvalue weighted by molar-refractivity contribution is -0.137. The Hall–Kier alpha value is -2.37. The zero-order valence-electron chi connectivity index (χ0n) is 16.2. The number of carbonyl (C=O) groups is 1. The van der Waals surface area contributed by atoms with E-state index >= 15 is 0 Å². The predicted molar refractivity (Wildman–Crippen MR) is 107 cm³/mol. The van der Waals surface area contributed by atoms with E-state index in [2.05, 4.69) is 0 Å². The van der Waals surface area contributed by atoms with E-state index < -0.39 is 39.5 Å². The lowest BCUT2D eigenvalue weighted by atomic mass is 10.1. The molecule has 2 aromatic carbocycles. The zero-order valence-corrected chi connectivity index (χ0v) is 17.7. The Labute approximate surface area is 181 Å². The van der Waals surface area contributed by atoms with Gasteiger partial charge in [-0.15, -0.1) is 0 Å². The molecular weight excluding hydrogens is 462 g/mol. The molecule has 0 aromatic heterocycles. The lowest BCUT2D eigenvalue weighted by Crippen LogP contribution is -2.54. The molecule has 1 aliphatic rings. The van der Waals surface area contributed by atoms with Crippen LogP contribution in [0.1, 0.15) is 22.8 Å². The van der Waals surface area contributed by atoms with Crippen molar-refractivity contribution in [3.63, 3.8) is 0 Å². The number of carbonyl (C=O) groups excluding carboxylic acids is 1. The Morgan fingerprint density at radius 2 is 1.84 bits per heavy atom. The molecule has 1 atom stereocenters. The summed E-state index contributed by atoms with van der Waals surface area (Å²) >= 11 is 6.05. The molecular formula is C19H18ClF4N3O3S. The van der Waals surface area contributed by atoms with Crippen LogP contribution in [0.25, 0.3) is 0 Å². The first-order valence-corrected chi connectivity index (χ1v) is 10.9. The molecule has 12 heteroatoms. The van der Waals surface area contributed by atoms with E-state index in [-0.39, 0.29) is 40.8 Å². The molecule has 3 rings (SSSR count). The largest absolute Gasteiger partial charge is 0.418 e. The third-order valence-electron chi connectivity index (χ3n) is 4.97. The van der Waals surface area contributed by atoms with Gasteiger partial charge in [0.1, 0.15) is 10.7 Å². The molecule has 6 nitrogen and oxygen atoms in total. The SMILES string of the molecule is CC1CN(c2ccc(F)cc2C(F)(F)F)CCN1S(=O)(=O)c1ccc(C(N)=O)cc1Cl. The molecule has 1 heterocycles. The number of halogens is 5. The van der Waals surface area contributed by atoms with E-state index in [1.54, 1.807) is 6.92 Å². The van der Waals surface area contributed by atoms with Crippen LogP contribution < -0.4 is 10.6 Å². The first kappa shape index (κ1) is 23.3. The average molecular weight is 480 g/mol. The van der Waals surface area contributed by atoms with E-state index in [9.17, 15) is 30.8 Å². The Kier molecular flexibility index (Phi) is 6.23. The number of hydrogen-bond acceptors (Lipinski definition) is 4. The fourth-order valence-electron chi connectivity index (χ4n) is 3.52. The van der Waals surface area contributed by atoms with Gasteiger partial charge in [-0.1, -0.05) is 11.6 Å². The van der Waals surface area contributed by atoms with Gasteiger partial charge in [-0.25, -0.2) is 12.8 Å². The molecule has 31 heavy (non-hydrogen) atoms. The first-order chi connectivity index (χ1) is 14.3. The van der Waals surface area contributed by atoms with Crippen molar-refractivity contribution >= 4 is 33.2 Å². The number of anilines is 1. The molecule has 1 saturated heterocycles. The monoisotopic (exact) mass is 479 g/mol. The molecule has 1 amide bonds. The van der Waals surface area contributed by atoms with Crippen molar-refractivity contribution in [2.24, 2.45) is 5.73 Å². The summed E-state index contributed by atoms with van der Waals surface area (Å²) in [5, 5.41) is -0.191. The number of piperazine rings is 1. The van der Waals surface area contributed by atoms with Gasteiger partial charge in [0, 0.05) is 36.9 Å². The third kappa shape index (κ3) is 4.63. The summed E-state index contributed by atoms with van der Waals surface area (Å²) in [6, 6.07) is 5.22. The summed E-state index contributed by atoms with van der Waals surface area (Å²) in [4.78, 5) is 12.4. The van der Waals surface area contributed by atoms with Crippen molar-refractivity contribution in [2.45, 2.75) is 24.0 Å². The Morgan fingerprint density at radius 1 is 1.16 bits per heavy atom. The van der Waals surface area contributed by atoms with Crippen molar-refractivity contribution in [3.8, 4) is 0 Å². The fourth-order valence-corrected chi connectivity index (χ4v) is 5.65. The molecule has 1 unspecified atom stereocenters. The highest BCUT2D eigenvalue weighted by molar-refractivity contribution is 7.89. The molecule has 0 bridgehead atoms. The second-order valence-electron chi connectivity index (χ2n) is 7.08. The van der Waals surface area contributed by atoms with Crippen LogP contribution >= 0.6 is 11.6 Å². The molecule has 0 saturated carbocycles.